The summed E-state index contributed by atoms with van der Waals surface area (Å²) in [6, 6.07) is -0.554. The van der Waals surface area contributed by atoms with E-state index in [1.54, 1.807) is 11.0 Å². The Morgan fingerprint density at radius 2 is 2.14 bits per heavy atom. The molecule has 0 aromatic carbocycles. The first-order valence-electron chi connectivity index (χ1n) is 8.03. The molecular weight excluding hydrogens is 278 g/mol. The standard InChI is InChI=1S/C17H27N3O2/c1-12-5-4-9-17(2,3)14(12)6-7-15(21)20-10-8-13(11-20)19-16(18)22/h6-7,13H,4-5,8-11H2,1-3H3,(H3,18,19,22). The minimum atomic E-state index is -0.528. The molecule has 0 aromatic rings. The normalized spacial score (nSPS) is 24.9. The predicted octanol–water partition coefficient (Wildman–Crippen LogP) is 2.34. The second-order valence-corrected chi connectivity index (χ2v) is 7.04. The van der Waals surface area contributed by atoms with Gasteiger partial charge in [0.1, 0.15) is 0 Å². The Hall–Kier alpha value is -1.78. The summed E-state index contributed by atoms with van der Waals surface area (Å²) in [5, 5.41) is 2.66. The fourth-order valence-electron chi connectivity index (χ4n) is 3.55. The maximum atomic E-state index is 12.3. The van der Waals surface area contributed by atoms with E-state index in [9.17, 15) is 9.59 Å². The van der Waals surface area contributed by atoms with Crippen molar-refractivity contribution in [1.82, 2.24) is 10.2 Å². The van der Waals surface area contributed by atoms with Gasteiger partial charge in [0.2, 0.25) is 5.91 Å². The van der Waals surface area contributed by atoms with Crippen molar-refractivity contribution in [2.24, 2.45) is 11.1 Å². The summed E-state index contributed by atoms with van der Waals surface area (Å²) in [5.41, 5.74) is 7.93. The maximum absolute atomic E-state index is 12.3. The van der Waals surface area contributed by atoms with Crippen LogP contribution in [0.4, 0.5) is 4.79 Å². The molecule has 22 heavy (non-hydrogen) atoms. The lowest BCUT2D eigenvalue weighted by Crippen LogP contribution is -2.40. The third kappa shape index (κ3) is 3.90. The topological polar surface area (TPSA) is 75.4 Å². The summed E-state index contributed by atoms with van der Waals surface area (Å²) < 4.78 is 0. The highest BCUT2D eigenvalue weighted by atomic mass is 16.2. The second-order valence-electron chi connectivity index (χ2n) is 7.04. The molecule has 1 heterocycles. The summed E-state index contributed by atoms with van der Waals surface area (Å²) >= 11 is 0. The van der Waals surface area contributed by atoms with Crippen LogP contribution in [-0.4, -0.2) is 36.0 Å². The number of rotatable bonds is 3. The maximum Gasteiger partial charge on any atom is 0.312 e. The zero-order chi connectivity index (χ0) is 16.3. The van der Waals surface area contributed by atoms with Crippen LogP contribution in [0.25, 0.3) is 0 Å². The summed E-state index contributed by atoms with van der Waals surface area (Å²) in [6.07, 6.45) is 7.93. The molecule has 0 bridgehead atoms. The molecule has 3 amide bonds. The first-order chi connectivity index (χ1) is 10.3. The van der Waals surface area contributed by atoms with Crippen molar-refractivity contribution in [3.05, 3.63) is 23.3 Å². The van der Waals surface area contributed by atoms with E-state index < -0.39 is 6.03 Å². The van der Waals surface area contributed by atoms with Crippen LogP contribution < -0.4 is 11.1 Å². The molecule has 2 rings (SSSR count). The number of hydrogen-bond acceptors (Lipinski definition) is 2. The Labute approximate surface area is 132 Å². The SMILES string of the molecule is CC1=C(C=CC(=O)N2CCC(NC(N)=O)C2)C(C)(C)CCC1. The molecule has 3 N–H and O–H groups in total. The number of primary amides is 1. The number of nitrogens with zero attached hydrogens (tertiary/aromatic N) is 1. The van der Waals surface area contributed by atoms with Gasteiger partial charge < -0.3 is 16.0 Å². The quantitative estimate of drug-likeness (QED) is 0.785. The monoisotopic (exact) mass is 305 g/mol. The lowest BCUT2D eigenvalue weighted by molar-refractivity contribution is -0.125. The summed E-state index contributed by atoms with van der Waals surface area (Å²) in [4.78, 5) is 24.9. The van der Waals surface area contributed by atoms with Gasteiger partial charge in [0, 0.05) is 25.2 Å². The van der Waals surface area contributed by atoms with E-state index in [4.69, 9.17) is 5.73 Å². The number of allylic oxidation sites excluding steroid dienone is 3. The molecule has 1 saturated heterocycles. The fourth-order valence-corrected chi connectivity index (χ4v) is 3.55. The van der Waals surface area contributed by atoms with E-state index in [-0.39, 0.29) is 17.4 Å². The average Bonchev–Trinajstić information content (AvgIpc) is 2.84. The lowest BCUT2D eigenvalue weighted by Gasteiger charge is -2.33. The van der Waals surface area contributed by atoms with Gasteiger partial charge in [-0.15, -0.1) is 0 Å². The van der Waals surface area contributed by atoms with Crippen molar-refractivity contribution in [2.75, 3.05) is 13.1 Å². The fraction of sp³-hybridized carbons (Fsp3) is 0.647. The number of carbonyl (C=O) groups is 2. The van der Waals surface area contributed by atoms with Crippen LogP contribution in [0.3, 0.4) is 0 Å². The second kappa shape index (κ2) is 6.55. The molecule has 1 unspecified atom stereocenters. The van der Waals surface area contributed by atoms with Crippen LogP contribution in [0.1, 0.15) is 46.5 Å². The number of hydrogen-bond donors (Lipinski definition) is 2. The van der Waals surface area contributed by atoms with Gasteiger partial charge in [0.25, 0.3) is 0 Å². The minimum Gasteiger partial charge on any atom is -0.352 e. The predicted molar refractivity (Wildman–Crippen MR) is 87.2 cm³/mol. The zero-order valence-electron chi connectivity index (χ0n) is 13.8. The molecule has 0 aromatic heterocycles. The largest absolute Gasteiger partial charge is 0.352 e. The van der Waals surface area contributed by atoms with Gasteiger partial charge in [-0.25, -0.2) is 4.79 Å². The summed E-state index contributed by atoms with van der Waals surface area (Å²) in [7, 11) is 0. The molecule has 0 radical (unpaired) electrons. The van der Waals surface area contributed by atoms with Crippen molar-refractivity contribution < 1.29 is 9.59 Å². The highest BCUT2D eigenvalue weighted by molar-refractivity contribution is 5.88. The van der Waals surface area contributed by atoms with Gasteiger partial charge in [-0.3, -0.25) is 4.79 Å². The summed E-state index contributed by atoms with van der Waals surface area (Å²) in [5.74, 6) is 0.00967. The first kappa shape index (κ1) is 16.6. The van der Waals surface area contributed by atoms with E-state index in [1.807, 2.05) is 6.08 Å². The lowest BCUT2D eigenvalue weighted by atomic mass is 9.72. The highest BCUT2D eigenvalue weighted by Crippen LogP contribution is 2.40. The molecule has 0 spiro atoms. The van der Waals surface area contributed by atoms with E-state index >= 15 is 0 Å². The van der Waals surface area contributed by atoms with Gasteiger partial charge >= 0.3 is 6.03 Å². The number of nitrogens with two attached hydrogens (primary N) is 1. The molecule has 5 heteroatoms. The molecule has 1 fully saturated rings. The van der Waals surface area contributed by atoms with Crippen LogP contribution in [0, 0.1) is 5.41 Å². The minimum absolute atomic E-state index is 0.00967. The van der Waals surface area contributed by atoms with E-state index in [1.165, 1.54) is 17.6 Å². The van der Waals surface area contributed by atoms with Gasteiger partial charge in [-0.2, -0.15) is 0 Å². The first-order valence-corrected chi connectivity index (χ1v) is 8.03. The highest BCUT2D eigenvalue weighted by Gasteiger charge is 2.28. The van der Waals surface area contributed by atoms with Gasteiger partial charge in [-0.05, 0) is 43.6 Å². The Morgan fingerprint density at radius 1 is 1.41 bits per heavy atom. The van der Waals surface area contributed by atoms with Gasteiger partial charge in [0.15, 0.2) is 0 Å². The van der Waals surface area contributed by atoms with Crippen LogP contribution in [-0.2, 0) is 4.79 Å². The number of amides is 3. The smallest absolute Gasteiger partial charge is 0.312 e. The number of nitrogens with one attached hydrogen (secondary N) is 1. The number of likely N-dealkylation sites (tertiary alicyclic amines) is 1. The zero-order valence-corrected chi connectivity index (χ0v) is 13.8. The Kier molecular flexibility index (Phi) is 4.94. The van der Waals surface area contributed by atoms with E-state index in [0.29, 0.717) is 13.1 Å². The third-order valence-electron chi connectivity index (χ3n) is 4.78. The summed E-state index contributed by atoms with van der Waals surface area (Å²) in [6.45, 7) is 7.84. The molecular formula is C17H27N3O2. The van der Waals surface area contributed by atoms with E-state index in [2.05, 4.69) is 26.1 Å². The number of urea groups is 1. The molecule has 1 aliphatic carbocycles. The van der Waals surface area contributed by atoms with Crippen LogP contribution in [0.5, 0.6) is 0 Å². The molecule has 1 atom stereocenters. The van der Waals surface area contributed by atoms with Crippen molar-refractivity contribution in [1.29, 1.82) is 0 Å². The van der Waals surface area contributed by atoms with Crippen molar-refractivity contribution in [3.8, 4) is 0 Å². The van der Waals surface area contributed by atoms with Crippen molar-refractivity contribution in [2.45, 2.75) is 52.5 Å². The third-order valence-corrected chi connectivity index (χ3v) is 4.78. The van der Waals surface area contributed by atoms with Crippen LogP contribution >= 0.6 is 0 Å². The van der Waals surface area contributed by atoms with Gasteiger partial charge in [0.05, 0.1) is 0 Å². The van der Waals surface area contributed by atoms with Gasteiger partial charge in [-0.1, -0.05) is 25.5 Å². The molecule has 0 saturated carbocycles. The van der Waals surface area contributed by atoms with Crippen LogP contribution in [0.15, 0.2) is 23.3 Å². The molecule has 2 aliphatic rings. The Bertz CT molecular complexity index is 520. The van der Waals surface area contributed by atoms with E-state index in [0.717, 1.165) is 19.3 Å². The van der Waals surface area contributed by atoms with Crippen molar-refractivity contribution >= 4 is 11.9 Å². The Morgan fingerprint density at radius 3 is 2.77 bits per heavy atom. The Balaban J connectivity index is 1.99. The molecule has 1 aliphatic heterocycles. The number of carbonyl (C=O) groups excluding carboxylic acids is 2. The molecule has 5 nitrogen and oxygen atoms in total. The van der Waals surface area contributed by atoms with Crippen LogP contribution in [0.2, 0.25) is 0 Å². The molecule has 122 valence electrons. The van der Waals surface area contributed by atoms with Crippen molar-refractivity contribution in [3.63, 3.8) is 0 Å². The average molecular weight is 305 g/mol.